The highest BCUT2D eigenvalue weighted by molar-refractivity contribution is 14.1. The molecule has 0 radical (unpaired) electrons. The Bertz CT molecular complexity index is 612. The quantitative estimate of drug-likeness (QED) is 0.766. The highest BCUT2D eigenvalue weighted by Crippen LogP contribution is 2.35. The standard InChI is InChI=1S/C17H18INO/c1-19-8-7-13-9-16(18)17(20)10-14(13)15(11-19)12-5-3-2-4-6-12/h2-6,9-10,15,20H,7-8,11H2,1H3/t15-/m0/s1. The molecule has 0 amide bonds. The fraction of sp³-hybridized carbons (Fsp3) is 0.294. The van der Waals surface area contributed by atoms with Gasteiger partial charge in [-0.3, -0.25) is 0 Å². The zero-order valence-corrected chi connectivity index (χ0v) is 13.7. The summed E-state index contributed by atoms with van der Waals surface area (Å²) in [5.74, 6) is 0.733. The van der Waals surface area contributed by atoms with Gasteiger partial charge in [-0.2, -0.15) is 0 Å². The molecule has 1 heterocycles. The van der Waals surface area contributed by atoms with Gasteiger partial charge >= 0.3 is 0 Å². The maximum Gasteiger partial charge on any atom is 0.129 e. The van der Waals surface area contributed by atoms with Crippen molar-refractivity contribution in [2.24, 2.45) is 0 Å². The number of phenols is 1. The van der Waals surface area contributed by atoms with E-state index in [2.05, 4.69) is 70.9 Å². The van der Waals surface area contributed by atoms with Crippen molar-refractivity contribution in [1.29, 1.82) is 0 Å². The average Bonchev–Trinajstić information content (AvgIpc) is 2.61. The number of fused-ring (bicyclic) bond motifs is 1. The van der Waals surface area contributed by atoms with Crippen LogP contribution in [-0.4, -0.2) is 30.1 Å². The van der Waals surface area contributed by atoms with Crippen molar-refractivity contribution in [1.82, 2.24) is 4.90 Å². The van der Waals surface area contributed by atoms with E-state index in [0.29, 0.717) is 11.7 Å². The first-order chi connectivity index (χ1) is 9.65. The molecule has 2 aromatic rings. The Kier molecular flexibility index (Phi) is 3.98. The Morgan fingerprint density at radius 1 is 1.20 bits per heavy atom. The van der Waals surface area contributed by atoms with Crippen molar-refractivity contribution in [3.8, 4) is 5.75 Å². The minimum Gasteiger partial charge on any atom is -0.507 e. The van der Waals surface area contributed by atoms with Crippen molar-refractivity contribution >= 4 is 22.6 Å². The summed E-state index contributed by atoms with van der Waals surface area (Å²) in [6.07, 6.45) is 1.05. The Labute approximate surface area is 133 Å². The van der Waals surface area contributed by atoms with E-state index >= 15 is 0 Å². The first-order valence-electron chi connectivity index (χ1n) is 6.90. The van der Waals surface area contributed by atoms with Gasteiger partial charge in [-0.15, -0.1) is 0 Å². The number of halogens is 1. The lowest BCUT2D eigenvalue weighted by atomic mass is 9.88. The third-order valence-corrected chi connectivity index (χ3v) is 4.91. The lowest BCUT2D eigenvalue weighted by molar-refractivity contribution is 0.338. The fourth-order valence-electron chi connectivity index (χ4n) is 2.94. The zero-order valence-electron chi connectivity index (χ0n) is 11.5. The van der Waals surface area contributed by atoms with Gasteiger partial charge < -0.3 is 10.0 Å². The van der Waals surface area contributed by atoms with Crippen LogP contribution in [0.1, 0.15) is 22.6 Å². The van der Waals surface area contributed by atoms with Gasteiger partial charge in [0.05, 0.1) is 3.57 Å². The number of phenolic OH excluding ortho intramolecular Hbond substituents is 1. The molecule has 0 aliphatic carbocycles. The Balaban J connectivity index is 2.12. The van der Waals surface area contributed by atoms with Gasteiger partial charge in [0.25, 0.3) is 0 Å². The summed E-state index contributed by atoms with van der Waals surface area (Å²) in [7, 11) is 2.17. The van der Waals surface area contributed by atoms with Crippen LogP contribution >= 0.6 is 22.6 Å². The zero-order chi connectivity index (χ0) is 14.1. The highest BCUT2D eigenvalue weighted by atomic mass is 127. The van der Waals surface area contributed by atoms with Gasteiger partial charge in [-0.05, 0) is 64.9 Å². The summed E-state index contributed by atoms with van der Waals surface area (Å²) >= 11 is 2.21. The lowest BCUT2D eigenvalue weighted by Gasteiger charge is -2.22. The summed E-state index contributed by atoms with van der Waals surface area (Å²) in [5.41, 5.74) is 3.96. The Morgan fingerprint density at radius 3 is 2.70 bits per heavy atom. The van der Waals surface area contributed by atoms with Gasteiger partial charge in [0, 0.05) is 19.0 Å². The first kappa shape index (κ1) is 13.9. The van der Waals surface area contributed by atoms with Crippen LogP contribution in [0, 0.1) is 3.57 Å². The number of hydrogen-bond donors (Lipinski definition) is 1. The topological polar surface area (TPSA) is 23.5 Å². The van der Waals surface area contributed by atoms with Gasteiger partial charge in [0.15, 0.2) is 0 Å². The molecule has 20 heavy (non-hydrogen) atoms. The fourth-order valence-corrected chi connectivity index (χ4v) is 3.47. The van der Waals surface area contributed by atoms with Crippen LogP contribution in [0.2, 0.25) is 0 Å². The van der Waals surface area contributed by atoms with Crippen LogP contribution in [0.4, 0.5) is 0 Å². The largest absolute Gasteiger partial charge is 0.507 e. The van der Waals surface area contributed by atoms with E-state index in [-0.39, 0.29) is 0 Å². The lowest BCUT2D eigenvalue weighted by Crippen LogP contribution is -2.24. The van der Waals surface area contributed by atoms with Crippen LogP contribution < -0.4 is 0 Å². The van der Waals surface area contributed by atoms with Crippen molar-refractivity contribution in [3.63, 3.8) is 0 Å². The normalized spacial score (nSPS) is 19.4. The van der Waals surface area contributed by atoms with Crippen LogP contribution in [0.3, 0.4) is 0 Å². The molecule has 1 aliphatic heterocycles. The van der Waals surface area contributed by atoms with Gasteiger partial charge in [0.2, 0.25) is 0 Å². The number of nitrogens with zero attached hydrogens (tertiary/aromatic N) is 1. The van der Waals surface area contributed by atoms with Gasteiger partial charge in [-0.25, -0.2) is 0 Å². The molecule has 3 heteroatoms. The molecule has 0 spiro atoms. The van der Waals surface area contributed by atoms with E-state index < -0.39 is 0 Å². The molecule has 0 saturated carbocycles. The van der Waals surface area contributed by atoms with Crippen LogP contribution in [0.25, 0.3) is 0 Å². The summed E-state index contributed by atoms with van der Waals surface area (Å²) in [4.78, 5) is 2.38. The minimum absolute atomic E-state index is 0.335. The third-order valence-electron chi connectivity index (χ3n) is 4.04. The second-order valence-corrected chi connectivity index (χ2v) is 6.64. The molecule has 3 rings (SSSR count). The highest BCUT2D eigenvalue weighted by Gasteiger charge is 2.24. The van der Waals surface area contributed by atoms with Crippen molar-refractivity contribution in [2.75, 3.05) is 20.1 Å². The predicted octanol–water partition coefficient (Wildman–Crippen LogP) is 3.62. The van der Waals surface area contributed by atoms with E-state index in [9.17, 15) is 5.11 Å². The monoisotopic (exact) mass is 379 g/mol. The molecule has 104 valence electrons. The van der Waals surface area contributed by atoms with Crippen molar-refractivity contribution in [3.05, 3.63) is 62.7 Å². The summed E-state index contributed by atoms with van der Waals surface area (Å²) in [6, 6.07) is 14.7. The average molecular weight is 379 g/mol. The van der Waals surface area contributed by atoms with Crippen molar-refractivity contribution in [2.45, 2.75) is 12.3 Å². The van der Waals surface area contributed by atoms with Gasteiger partial charge in [-0.1, -0.05) is 30.3 Å². The molecule has 0 unspecified atom stereocenters. The molecule has 1 atom stereocenters. The number of hydrogen-bond acceptors (Lipinski definition) is 2. The minimum atomic E-state index is 0.335. The van der Waals surface area contributed by atoms with Crippen molar-refractivity contribution < 1.29 is 5.11 Å². The van der Waals surface area contributed by atoms with Crippen LogP contribution in [-0.2, 0) is 6.42 Å². The number of benzene rings is 2. The van der Waals surface area contributed by atoms with E-state index in [1.165, 1.54) is 16.7 Å². The molecular formula is C17H18INO. The second kappa shape index (κ2) is 5.74. The molecule has 1 aliphatic rings. The second-order valence-electron chi connectivity index (χ2n) is 5.48. The molecule has 2 aromatic carbocycles. The summed E-state index contributed by atoms with van der Waals surface area (Å²) in [5, 5.41) is 10.1. The Morgan fingerprint density at radius 2 is 1.95 bits per heavy atom. The molecule has 0 fully saturated rings. The maximum absolute atomic E-state index is 10.1. The number of likely N-dealkylation sites (N-methyl/N-ethyl adjacent to an activating group) is 1. The summed E-state index contributed by atoms with van der Waals surface area (Å²) in [6.45, 7) is 2.06. The molecular weight excluding hydrogens is 361 g/mol. The molecule has 2 nitrogen and oxygen atoms in total. The first-order valence-corrected chi connectivity index (χ1v) is 7.98. The van der Waals surface area contributed by atoms with Gasteiger partial charge in [0.1, 0.15) is 5.75 Å². The van der Waals surface area contributed by atoms with E-state index in [0.717, 1.165) is 23.1 Å². The van der Waals surface area contributed by atoms with E-state index in [1.54, 1.807) is 0 Å². The molecule has 0 aromatic heterocycles. The van der Waals surface area contributed by atoms with Crippen LogP contribution in [0.5, 0.6) is 5.75 Å². The maximum atomic E-state index is 10.1. The SMILES string of the molecule is CN1CCc2cc(I)c(O)cc2[C@H](c2ccccc2)C1. The van der Waals surface area contributed by atoms with E-state index in [4.69, 9.17) is 0 Å². The third kappa shape index (κ3) is 2.69. The number of aromatic hydroxyl groups is 1. The smallest absolute Gasteiger partial charge is 0.129 e. The number of rotatable bonds is 1. The molecule has 1 N–H and O–H groups in total. The predicted molar refractivity (Wildman–Crippen MR) is 90.3 cm³/mol. The Hall–Kier alpha value is -1.07. The van der Waals surface area contributed by atoms with Crippen LogP contribution in [0.15, 0.2) is 42.5 Å². The summed E-state index contributed by atoms with van der Waals surface area (Å²) < 4.78 is 0.942. The molecule has 0 bridgehead atoms. The van der Waals surface area contributed by atoms with E-state index in [1.807, 2.05) is 6.07 Å². The molecule has 0 saturated heterocycles.